The quantitative estimate of drug-likeness (QED) is 0.435. The summed E-state index contributed by atoms with van der Waals surface area (Å²) < 4.78 is 53.8. The Morgan fingerprint density at radius 3 is 2.24 bits per heavy atom. The first-order valence-electron chi connectivity index (χ1n) is 11.9. The van der Waals surface area contributed by atoms with Crippen LogP contribution in [-0.2, 0) is 19.7 Å². The van der Waals surface area contributed by atoms with Gasteiger partial charge in [0.2, 0.25) is 0 Å². The predicted molar refractivity (Wildman–Crippen MR) is 140 cm³/mol. The summed E-state index contributed by atoms with van der Waals surface area (Å²) >= 11 is 0. The van der Waals surface area contributed by atoms with Gasteiger partial charge in [-0.3, -0.25) is 4.79 Å². The number of carbonyl (C=O) groups excluding carboxylic acids is 2. The summed E-state index contributed by atoms with van der Waals surface area (Å²) in [6, 6.07) is 17.9. The second-order valence-corrected chi connectivity index (χ2v) is 10.4. The van der Waals surface area contributed by atoms with E-state index in [1.165, 1.54) is 41.7 Å². The van der Waals surface area contributed by atoms with Gasteiger partial charge in [-0.05, 0) is 55.0 Å². The fraction of sp³-hybridized carbons (Fsp3) is 0.259. The molecule has 0 bridgehead atoms. The zero-order chi connectivity index (χ0) is 27.3. The highest BCUT2D eigenvalue weighted by Crippen LogP contribution is 2.33. The van der Waals surface area contributed by atoms with Crippen LogP contribution in [0.1, 0.15) is 39.2 Å². The van der Waals surface area contributed by atoms with Crippen molar-refractivity contribution in [2.45, 2.75) is 13.0 Å². The number of rotatable bonds is 8. The first-order valence-corrected chi connectivity index (χ1v) is 13.3. The van der Waals surface area contributed by atoms with E-state index >= 15 is 0 Å². The monoisotopic (exact) mass is 541 g/mol. The van der Waals surface area contributed by atoms with Crippen LogP contribution < -0.4 is 9.62 Å². The molecular weight excluding hydrogens is 513 g/mol. The Hall–Kier alpha value is -3.80. The molecule has 0 unspecified atom stereocenters. The molecule has 1 aliphatic heterocycles. The van der Waals surface area contributed by atoms with Gasteiger partial charge in [-0.25, -0.2) is 13.5 Å². The van der Waals surface area contributed by atoms with Gasteiger partial charge in [0.25, 0.3) is 5.91 Å². The lowest BCUT2D eigenvalue weighted by Crippen LogP contribution is -2.47. The number of nitrogens with one attached hydrogen (secondary N) is 1. The molecule has 1 fully saturated rings. The van der Waals surface area contributed by atoms with Gasteiger partial charge in [-0.2, -0.15) is 12.7 Å². The zero-order valence-electron chi connectivity index (χ0n) is 21.0. The van der Waals surface area contributed by atoms with Crippen molar-refractivity contribution in [3.63, 3.8) is 0 Å². The molecule has 0 radical (unpaired) electrons. The maximum atomic E-state index is 13.9. The maximum Gasteiger partial charge on any atom is 0.337 e. The summed E-state index contributed by atoms with van der Waals surface area (Å²) in [7, 11) is -3.03. The lowest BCUT2D eigenvalue weighted by molar-refractivity contribution is 0.0600. The Morgan fingerprint density at radius 1 is 0.974 bits per heavy atom. The first-order chi connectivity index (χ1) is 18.2. The van der Waals surface area contributed by atoms with Crippen molar-refractivity contribution < 1.29 is 31.9 Å². The lowest BCUT2D eigenvalue weighted by Gasteiger charge is -2.33. The minimum atomic E-state index is -4.22. The molecule has 0 spiro atoms. The van der Waals surface area contributed by atoms with E-state index in [1.54, 1.807) is 0 Å². The van der Waals surface area contributed by atoms with Crippen LogP contribution in [0.25, 0.3) is 0 Å². The third kappa shape index (κ3) is 6.01. The van der Waals surface area contributed by atoms with E-state index in [1.807, 2.05) is 37.3 Å². The van der Waals surface area contributed by atoms with Crippen LogP contribution in [0, 0.1) is 5.82 Å². The minimum absolute atomic E-state index is 0.0171. The molecule has 200 valence electrons. The highest BCUT2D eigenvalue weighted by molar-refractivity contribution is 7.90. The largest absolute Gasteiger partial charge is 0.465 e. The van der Waals surface area contributed by atoms with E-state index in [2.05, 4.69) is 5.32 Å². The van der Waals surface area contributed by atoms with Gasteiger partial charge in [0, 0.05) is 18.7 Å². The number of benzene rings is 3. The van der Waals surface area contributed by atoms with E-state index < -0.39 is 27.9 Å². The number of hydrogen-bond acceptors (Lipinski definition) is 6. The summed E-state index contributed by atoms with van der Waals surface area (Å²) in [4.78, 5) is 25.8. The highest BCUT2D eigenvalue weighted by Gasteiger charge is 2.34. The van der Waals surface area contributed by atoms with Gasteiger partial charge in [-0.15, -0.1) is 0 Å². The predicted octanol–water partition coefficient (Wildman–Crippen LogP) is 3.82. The van der Waals surface area contributed by atoms with Crippen molar-refractivity contribution in [1.82, 2.24) is 9.62 Å². The molecule has 1 amide bonds. The molecule has 0 aliphatic carbocycles. The molecule has 0 saturated carbocycles. The molecule has 38 heavy (non-hydrogen) atoms. The van der Waals surface area contributed by atoms with Gasteiger partial charge >= 0.3 is 16.2 Å². The van der Waals surface area contributed by atoms with Crippen molar-refractivity contribution in [2.75, 3.05) is 37.7 Å². The van der Waals surface area contributed by atoms with Gasteiger partial charge in [0.1, 0.15) is 5.82 Å². The Labute approximate surface area is 221 Å². The molecule has 11 heteroatoms. The number of carbonyl (C=O) groups is 2. The van der Waals surface area contributed by atoms with Gasteiger partial charge < -0.3 is 14.8 Å². The summed E-state index contributed by atoms with van der Waals surface area (Å²) in [6.45, 7) is 2.46. The lowest BCUT2D eigenvalue weighted by atomic mass is 10.1. The average Bonchev–Trinajstić information content (AvgIpc) is 2.94. The van der Waals surface area contributed by atoms with Crippen LogP contribution >= 0.6 is 0 Å². The van der Waals surface area contributed by atoms with Crippen LogP contribution in [0.2, 0.25) is 0 Å². The molecule has 1 aliphatic rings. The van der Waals surface area contributed by atoms with Crippen molar-refractivity contribution in [3.05, 3.63) is 95.3 Å². The maximum absolute atomic E-state index is 13.9. The third-order valence-corrected chi connectivity index (χ3v) is 7.97. The molecule has 1 atom stereocenters. The molecule has 9 nitrogen and oxygen atoms in total. The standard InChI is InChI=1S/C27H28FN3O6S/c1-19(20-6-4-3-5-7-20)29-26(32)21-16-22(27(33)36-2)18-25(17-21)31(24-10-8-23(28)9-11-24)38(34,35)30-12-14-37-15-13-30/h3-11,16-19H,12-15H2,1-2H3,(H,29,32)/t19-/m1/s1. The molecule has 1 heterocycles. The van der Waals surface area contributed by atoms with Crippen molar-refractivity contribution in [3.8, 4) is 0 Å². The fourth-order valence-electron chi connectivity index (χ4n) is 4.09. The van der Waals surface area contributed by atoms with Crippen molar-refractivity contribution >= 4 is 33.5 Å². The average molecular weight is 542 g/mol. The summed E-state index contributed by atoms with van der Waals surface area (Å²) in [5.74, 6) is -1.81. The number of morpholine rings is 1. The number of methoxy groups -OCH3 is 1. The fourth-order valence-corrected chi connectivity index (χ4v) is 5.69. The molecule has 1 N–H and O–H groups in total. The van der Waals surface area contributed by atoms with Gasteiger partial charge in [0.15, 0.2) is 0 Å². The van der Waals surface area contributed by atoms with E-state index in [4.69, 9.17) is 9.47 Å². The van der Waals surface area contributed by atoms with E-state index in [0.29, 0.717) is 0 Å². The van der Waals surface area contributed by atoms with Crippen LogP contribution in [0.3, 0.4) is 0 Å². The summed E-state index contributed by atoms with van der Waals surface area (Å²) in [5.41, 5.74) is 1.04. The Kier molecular flexibility index (Phi) is 8.40. The molecule has 0 aromatic heterocycles. The Balaban J connectivity index is 1.81. The van der Waals surface area contributed by atoms with Crippen molar-refractivity contribution in [1.29, 1.82) is 0 Å². The van der Waals surface area contributed by atoms with Gasteiger partial charge in [-0.1, -0.05) is 30.3 Å². The van der Waals surface area contributed by atoms with Crippen LogP contribution in [0.15, 0.2) is 72.8 Å². The molecule has 1 saturated heterocycles. The zero-order valence-corrected chi connectivity index (χ0v) is 21.8. The normalized spacial score (nSPS) is 14.9. The van der Waals surface area contributed by atoms with Crippen molar-refractivity contribution in [2.24, 2.45) is 0 Å². The molecule has 3 aromatic carbocycles. The topological polar surface area (TPSA) is 105 Å². The number of nitrogens with zero attached hydrogens (tertiary/aromatic N) is 2. The number of amides is 1. The van der Waals surface area contributed by atoms with E-state index in [9.17, 15) is 22.4 Å². The van der Waals surface area contributed by atoms with Crippen LogP contribution in [-0.4, -0.2) is 58.0 Å². The number of halogens is 1. The second-order valence-electron chi connectivity index (χ2n) is 8.63. The second kappa shape index (κ2) is 11.7. The van der Waals surface area contributed by atoms with Crippen LogP contribution in [0.5, 0.6) is 0 Å². The van der Waals surface area contributed by atoms with E-state index in [-0.39, 0.29) is 54.8 Å². The summed E-state index contributed by atoms with van der Waals surface area (Å²) in [5, 5.41) is 2.88. The summed E-state index contributed by atoms with van der Waals surface area (Å²) in [6.07, 6.45) is 0. The smallest absolute Gasteiger partial charge is 0.337 e. The van der Waals surface area contributed by atoms with Crippen LogP contribution in [0.4, 0.5) is 15.8 Å². The highest BCUT2D eigenvalue weighted by atomic mass is 32.2. The minimum Gasteiger partial charge on any atom is -0.465 e. The molecule has 4 rings (SSSR count). The SMILES string of the molecule is COC(=O)c1cc(C(=O)N[C@H](C)c2ccccc2)cc(N(c2ccc(F)cc2)S(=O)(=O)N2CCOCC2)c1. The number of hydrogen-bond donors (Lipinski definition) is 1. The number of ether oxygens (including phenoxy) is 2. The van der Waals surface area contributed by atoms with Gasteiger partial charge in [0.05, 0.1) is 43.3 Å². The first kappa shape index (κ1) is 27.2. The Morgan fingerprint density at radius 2 is 1.61 bits per heavy atom. The number of esters is 1. The molecular formula is C27H28FN3O6S. The Bertz CT molecular complexity index is 1390. The van der Waals surface area contributed by atoms with E-state index in [0.717, 1.165) is 22.0 Å². The molecule has 3 aromatic rings. The third-order valence-electron chi connectivity index (χ3n) is 6.07. The number of anilines is 2.